The number of anilines is 1. The van der Waals surface area contributed by atoms with E-state index in [1.807, 2.05) is 6.07 Å². The fraction of sp³-hybridized carbons (Fsp3) is 0.538. The molecule has 0 atom stereocenters. The molecule has 1 aliphatic rings. The normalized spacial score (nSPS) is 17.2. The number of nitrogens with zero attached hydrogens (tertiary/aromatic N) is 4. The molecule has 4 nitrogen and oxygen atoms in total. The van der Waals surface area contributed by atoms with E-state index in [9.17, 15) is 0 Å². The summed E-state index contributed by atoms with van der Waals surface area (Å²) in [5.41, 5.74) is 0. The summed E-state index contributed by atoms with van der Waals surface area (Å²) in [5.74, 6) is 0.834. The molecule has 0 spiro atoms. The fourth-order valence-corrected chi connectivity index (χ4v) is 2.55. The number of hydrogen-bond donors (Lipinski definition) is 0. The fourth-order valence-electron chi connectivity index (χ4n) is 2.36. The zero-order valence-electron chi connectivity index (χ0n) is 10.7. The molecule has 0 aromatic carbocycles. The summed E-state index contributed by atoms with van der Waals surface area (Å²) < 4.78 is 0. The van der Waals surface area contributed by atoms with Gasteiger partial charge >= 0.3 is 0 Å². The molecule has 1 aromatic rings. The van der Waals surface area contributed by atoms with Crippen LogP contribution < -0.4 is 4.90 Å². The van der Waals surface area contributed by atoms with Crippen LogP contribution in [0, 0.1) is 0 Å². The molecule has 0 radical (unpaired) electrons. The van der Waals surface area contributed by atoms with Crippen LogP contribution in [0.15, 0.2) is 30.1 Å². The van der Waals surface area contributed by atoms with Crippen molar-refractivity contribution in [1.82, 2.24) is 14.9 Å². The molecule has 0 unspecified atom stereocenters. The molecule has 18 heavy (non-hydrogen) atoms. The molecule has 98 valence electrons. The molecule has 0 bridgehead atoms. The SMILES string of the molecule is C=C(Cl)CN(C)C1CCN(c2ncccn2)CC1. The third-order valence-corrected chi connectivity index (χ3v) is 3.46. The highest BCUT2D eigenvalue weighted by Gasteiger charge is 2.23. The molecule has 2 heterocycles. The third-order valence-electron chi connectivity index (χ3n) is 3.34. The van der Waals surface area contributed by atoms with Gasteiger partial charge < -0.3 is 4.90 Å². The highest BCUT2D eigenvalue weighted by atomic mass is 35.5. The maximum atomic E-state index is 5.85. The van der Waals surface area contributed by atoms with Crippen molar-refractivity contribution in [3.05, 3.63) is 30.1 Å². The zero-order valence-corrected chi connectivity index (χ0v) is 11.5. The zero-order chi connectivity index (χ0) is 13.0. The van der Waals surface area contributed by atoms with Crippen LogP contribution in [-0.2, 0) is 0 Å². The minimum Gasteiger partial charge on any atom is -0.341 e. The summed E-state index contributed by atoms with van der Waals surface area (Å²) in [6.45, 7) is 6.49. The minimum atomic E-state index is 0.570. The van der Waals surface area contributed by atoms with E-state index in [4.69, 9.17) is 11.6 Å². The van der Waals surface area contributed by atoms with Crippen molar-refractivity contribution in [3.63, 3.8) is 0 Å². The molecule has 1 aromatic heterocycles. The molecule has 0 aliphatic carbocycles. The van der Waals surface area contributed by atoms with Gasteiger partial charge in [-0.3, -0.25) is 4.90 Å². The first-order valence-electron chi connectivity index (χ1n) is 6.22. The van der Waals surface area contributed by atoms with Gasteiger partial charge in [0.2, 0.25) is 5.95 Å². The predicted octanol–water partition coefficient (Wildman–Crippen LogP) is 2.13. The summed E-state index contributed by atoms with van der Waals surface area (Å²) in [4.78, 5) is 13.1. The lowest BCUT2D eigenvalue weighted by Crippen LogP contribution is -2.44. The first-order chi connectivity index (χ1) is 8.66. The van der Waals surface area contributed by atoms with E-state index in [1.54, 1.807) is 12.4 Å². The maximum Gasteiger partial charge on any atom is 0.225 e. The Morgan fingerprint density at radius 1 is 1.44 bits per heavy atom. The number of aromatic nitrogens is 2. The van der Waals surface area contributed by atoms with E-state index in [0.29, 0.717) is 11.1 Å². The number of hydrogen-bond acceptors (Lipinski definition) is 4. The van der Waals surface area contributed by atoms with E-state index in [-0.39, 0.29) is 0 Å². The molecule has 0 amide bonds. The van der Waals surface area contributed by atoms with Gasteiger partial charge in [-0.15, -0.1) is 0 Å². The van der Waals surface area contributed by atoms with Gasteiger partial charge in [0.25, 0.3) is 0 Å². The Labute approximate surface area is 113 Å². The molecule has 5 heteroatoms. The highest BCUT2D eigenvalue weighted by Crippen LogP contribution is 2.19. The second kappa shape index (κ2) is 6.16. The smallest absolute Gasteiger partial charge is 0.225 e. The molecule has 2 rings (SSSR count). The van der Waals surface area contributed by atoms with Crippen LogP contribution in [-0.4, -0.2) is 47.6 Å². The Balaban J connectivity index is 1.86. The average Bonchev–Trinajstić information content (AvgIpc) is 2.39. The van der Waals surface area contributed by atoms with Gasteiger partial charge in [0.15, 0.2) is 0 Å². The highest BCUT2D eigenvalue weighted by molar-refractivity contribution is 6.29. The Morgan fingerprint density at radius 3 is 2.61 bits per heavy atom. The monoisotopic (exact) mass is 266 g/mol. The van der Waals surface area contributed by atoms with Gasteiger partial charge in [0, 0.05) is 43.1 Å². The van der Waals surface area contributed by atoms with Crippen LogP contribution in [0.2, 0.25) is 0 Å². The molecular weight excluding hydrogens is 248 g/mol. The lowest BCUT2D eigenvalue weighted by Gasteiger charge is -2.36. The van der Waals surface area contributed by atoms with Crippen LogP contribution in [0.5, 0.6) is 0 Å². The van der Waals surface area contributed by atoms with Crippen LogP contribution in [0.4, 0.5) is 5.95 Å². The minimum absolute atomic E-state index is 0.570. The lowest BCUT2D eigenvalue weighted by atomic mass is 10.0. The standard InChI is InChI=1S/C13H19ClN4/c1-11(14)10-17(2)12-4-8-18(9-5-12)13-15-6-3-7-16-13/h3,6-7,12H,1,4-5,8-10H2,2H3. The van der Waals surface area contributed by atoms with E-state index in [1.165, 1.54) is 0 Å². The van der Waals surface area contributed by atoms with Gasteiger partial charge in [-0.25, -0.2) is 9.97 Å². The van der Waals surface area contributed by atoms with Crippen LogP contribution in [0.1, 0.15) is 12.8 Å². The Hall–Kier alpha value is -1.13. The Morgan fingerprint density at radius 2 is 2.06 bits per heavy atom. The largest absolute Gasteiger partial charge is 0.341 e. The van der Waals surface area contributed by atoms with Crippen molar-refractivity contribution in [2.45, 2.75) is 18.9 Å². The molecular formula is C13H19ClN4. The van der Waals surface area contributed by atoms with Gasteiger partial charge in [-0.1, -0.05) is 18.2 Å². The van der Waals surface area contributed by atoms with Gasteiger partial charge in [0.05, 0.1) is 0 Å². The Bertz CT molecular complexity index is 387. The quantitative estimate of drug-likeness (QED) is 0.836. The predicted molar refractivity (Wildman–Crippen MR) is 74.9 cm³/mol. The summed E-state index contributed by atoms with van der Waals surface area (Å²) in [6.07, 6.45) is 5.80. The number of piperidine rings is 1. The summed E-state index contributed by atoms with van der Waals surface area (Å²) in [6, 6.07) is 2.41. The van der Waals surface area contributed by atoms with Gasteiger partial charge in [-0.05, 0) is 26.0 Å². The maximum absolute atomic E-state index is 5.85. The van der Waals surface area contributed by atoms with Crippen LogP contribution in [0.3, 0.4) is 0 Å². The Kier molecular flexibility index (Phi) is 4.55. The molecule has 0 saturated carbocycles. The third kappa shape index (κ3) is 3.43. The number of likely N-dealkylation sites (N-methyl/N-ethyl adjacent to an activating group) is 1. The second-order valence-corrected chi connectivity index (χ2v) is 5.23. The van der Waals surface area contributed by atoms with Crippen LogP contribution in [0.25, 0.3) is 0 Å². The summed E-state index contributed by atoms with van der Waals surface area (Å²) in [7, 11) is 2.10. The number of rotatable bonds is 4. The van der Waals surface area contributed by atoms with Gasteiger partial charge in [-0.2, -0.15) is 0 Å². The van der Waals surface area contributed by atoms with E-state index >= 15 is 0 Å². The lowest BCUT2D eigenvalue weighted by molar-refractivity contribution is 0.225. The van der Waals surface area contributed by atoms with E-state index < -0.39 is 0 Å². The van der Waals surface area contributed by atoms with Crippen molar-refractivity contribution in [1.29, 1.82) is 0 Å². The van der Waals surface area contributed by atoms with Crippen molar-refractivity contribution in [3.8, 4) is 0 Å². The van der Waals surface area contributed by atoms with E-state index in [0.717, 1.165) is 38.4 Å². The molecule has 1 aliphatic heterocycles. The van der Waals surface area contributed by atoms with Crippen molar-refractivity contribution in [2.24, 2.45) is 0 Å². The first kappa shape index (κ1) is 13.3. The topological polar surface area (TPSA) is 32.3 Å². The van der Waals surface area contributed by atoms with E-state index in [2.05, 4.69) is 33.4 Å². The summed E-state index contributed by atoms with van der Waals surface area (Å²) >= 11 is 5.85. The average molecular weight is 267 g/mol. The molecule has 1 saturated heterocycles. The number of halogens is 1. The van der Waals surface area contributed by atoms with Gasteiger partial charge in [0.1, 0.15) is 0 Å². The summed E-state index contributed by atoms with van der Waals surface area (Å²) in [5, 5.41) is 0.700. The molecule has 1 fully saturated rings. The second-order valence-electron chi connectivity index (χ2n) is 4.70. The first-order valence-corrected chi connectivity index (χ1v) is 6.60. The van der Waals surface area contributed by atoms with Crippen molar-refractivity contribution < 1.29 is 0 Å². The van der Waals surface area contributed by atoms with Crippen molar-refractivity contribution in [2.75, 3.05) is 31.6 Å². The van der Waals surface area contributed by atoms with Crippen molar-refractivity contribution >= 4 is 17.5 Å². The molecule has 0 N–H and O–H groups in total. The van der Waals surface area contributed by atoms with Crippen LogP contribution >= 0.6 is 11.6 Å².